The summed E-state index contributed by atoms with van der Waals surface area (Å²) in [4.78, 5) is 14.2. The molecule has 5 rings (SSSR count). The van der Waals surface area contributed by atoms with Crippen LogP contribution in [0.3, 0.4) is 0 Å². The first-order valence-electron chi connectivity index (χ1n) is 9.89. The van der Waals surface area contributed by atoms with Gasteiger partial charge in [0.2, 0.25) is 0 Å². The molecule has 29 heavy (non-hydrogen) atoms. The fourth-order valence-corrected chi connectivity index (χ4v) is 3.86. The molecule has 2 aromatic carbocycles. The molecule has 0 spiro atoms. The minimum Gasteiger partial charge on any atom is -0.497 e. The number of benzene rings is 2. The molecule has 0 aliphatic carbocycles. The highest BCUT2D eigenvalue weighted by molar-refractivity contribution is 5.90. The normalized spacial score (nSPS) is 16.8. The van der Waals surface area contributed by atoms with Gasteiger partial charge < -0.3 is 9.47 Å². The molecule has 0 amide bonds. The van der Waals surface area contributed by atoms with E-state index in [0.717, 1.165) is 65.4 Å². The Bertz CT molecular complexity index is 1120. The summed E-state index contributed by atoms with van der Waals surface area (Å²) in [5, 5.41) is 0. The first-order chi connectivity index (χ1) is 14.3. The number of hydrogen-bond acceptors (Lipinski definition) is 5. The third-order valence-electron chi connectivity index (χ3n) is 5.32. The molecule has 6 heteroatoms. The van der Waals surface area contributed by atoms with Gasteiger partial charge in [0.05, 0.1) is 7.11 Å². The molecule has 6 nitrogen and oxygen atoms in total. The molecule has 146 valence electrons. The van der Waals surface area contributed by atoms with Crippen LogP contribution in [0.1, 0.15) is 25.5 Å². The van der Waals surface area contributed by atoms with Gasteiger partial charge in [0.1, 0.15) is 35.3 Å². The molecule has 2 aromatic heterocycles. The fraction of sp³-hybridized carbons (Fsp3) is 0.261. The molecule has 1 fully saturated rings. The largest absolute Gasteiger partial charge is 0.497 e. The molecule has 1 aliphatic heterocycles. The minimum atomic E-state index is -0.0671. The number of rotatable bonds is 4. The van der Waals surface area contributed by atoms with Crippen molar-refractivity contribution in [2.45, 2.75) is 25.5 Å². The van der Waals surface area contributed by atoms with Gasteiger partial charge in [-0.1, -0.05) is 30.3 Å². The maximum absolute atomic E-state index is 6.11. The Morgan fingerprint density at radius 1 is 0.966 bits per heavy atom. The molecule has 0 saturated carbocycles. The predicted octanol–water partition coefficient (Wildman–Crippen LogP) is 4.87. The van der Waals surface area contributed by atoms with Crippen LogP contribution in [-0.4, -0.2) is 33.2 Å². The first kappa shape index (κ1) is 17.8. The summed E-state index contributed by atoms with van der Waals surface area (Å²) in [6.07, 6.45) is 4.72. The SMILES string of the molecule is COc1ccc(-c2ncnc3c2nc(-c2ccccc2)n3C2CCCCO2)cc1. The number of hydrogen-bond donors (Lipinski definition) is 0. The number of fused-ring (bicyclic) bond motifs is 1. The monoisotopic (exact) mass is 386 g/mol. The molecule has 1 aliphatic rings. The van der Waals surface area contributed by atoms with E-state index in [1.165, 1.54) is 0 Å². The van der Waals surface area contributed by atoms with E-state index in [1.54, 1.807) is 13.4 Å². The van der Waals surface area contributed by atoms with Crippen molar-refractivity contribution < 1.29 is 9.47 Å². The van der Waals surface area contributed by atoms with Crippen LogP contribution in [0.4, 0.5) is 0 Å². The van der Waals surface area contributed by atoms with Gasteiger partial charge in [-0.2, -0.15) is 0 Å². The summed E-state index contributed by atoms with van der Waals surface area (Å²) in [7, 11) is 1.66. The third-order valence-corrected chi connectivity index (χ3v) is 5.32. The van der Waals surface area contributed by atoms with Crippen LogP contribution in [0.25, 0.3) is 33.8 Å². The molecule has 1 unspecified atom stereocenters. The molecule has 3 heterocycles. The van der Waals surface area contributed by atoms with Gasteiger partial charge in [-0.15, -0.1) is 0 Å². The second-order valence-corrected chi connectivity index (χ2v) is 7.12. The second kappa shape index (κ2) is 7.64. The summed E-state index contributed by atoms with van der Waals surface area (Å²) < 4.78 is 13.5. The Kier molecular flexibility index (Phi) is 4.69. The van der Waals surface area contributed by atoms with E-state index in [4.69, 9.17) is 14.5 Å². The van der Waals surface area contributed by atoms with Crippen LogP contribution in [0.15, 0.2) is 60.9 Å². The molecule has 0 bridgehead atoms. The van der Waals surface area contributed by atoms with Gasteiger partial charge in [-0.3, -0.25) is 4.57 Å². The van der Waals surface area contributed by atoms with Gasteiger partial charge in [0, 0.05) is 17.7 Å². The lowest BCUT2D eigenvalue weighted by molar-refractivity contribution is -0.0287. The maximum Gasteiger partial charge on any atom is 0.166 e. The van der Waals surface area contributed by atoms with Crippen LogP contribution in [-0.2, 0) is 4.74 Å². The van der Waals surface area contributed by atoms with E-state index < -0.39 is 0 Å². The first-order valence-corrected chi connectivity index (χ1v) is 9.89. The van der Waals surface area contributed by atoms with Crippen LogP contribution in [0, 0.1) is 0 Å². The zero-order valence-electron chi connectivity index (χ0n) is 16.3. The zero-order chi connectivity index (χ0) is 19.6. The van der Waals surface area contributed by atoms with Gasteiger partial charge >= 0.3 is 0 Å². The maximum atomic E-state index is 6.11. The summed E-state index contributed by atoms with van der Waals surface area (Å²) in [6.45, 7) is 0.759. The van der Waals surface area contributed by atoms with Crippen LogP contribution in [0.5, 0.6) is 5.75 Å². The summed E-state index contributed by atoms with van der Waals surface area (Å²) >= 11 is 0. The van der Waals surface area contributed by atoms with Gasteiger partial charge in [0.25, 0.3) is 0 Å². The summed E-state index contributed by atoms with van der Waals surface area (Å²) in [5.41, 5.74) is 4.42. The summed E-state index contributed by atoms with van der Waals surface area (Å²) in [5.74, 6) is 1.67. The van der Waals surface area contributed by atoms with Crippen LogP contribution >= 0.6 is 0 Å². The van der Waals surface area contributed by atoms with Crippen molar-refractivity contribution in [1.82, 2.24) is 19.5 Å². The minimum absolute atomic E-state index is 0.0671. The topological polar surface area (TPSA) is 62.1 Å². The average Bonchev–Trinajstić information content (AvgIpc) is 3.20. The van der Waals surface area contributed by atoms with Crippen molar-refractivity contribution >= 4 is 11.2 Å². The van der Waals surface area contributed by atoms with Crippen molar-refractivity contribution in [3.63, 3.8) is 0 Å². The highest BCUT2D eigenvalue weighted by atomic mass is 16.5. The molecule has 0 radical (unpaired) electrons. The number of ether oxygens (including phenoxy) is 2. The Balaban J connectivity index is 1.72. The van der Waals surface area contributed by atoms with Crippen molar-refractivity contribution in [3.05, 3.63) is 60.9 Å². The zero-order valence-corrected chi connectivity index (χ0v) is 16.3. The summed E-state index contributed by atoms with van der Waals surface area (Å²) in [6, 6.07) is 18.1. The van der Waals surface area contributed by atoms with E-state index in [-0.39, 0.29) is 6.23 Å². The Labute approximate surface area is 169 Å². The van der Waals surface area contributed by atoms with E-state index in [2.05, 4.69) is 26.7 Å². The number of methoxy groups -OCH3 is 1. The third kappa shape index (κ3) is 3.25. The molecule has 1 atom stereocenters. The molecular formula is C23H22N4O2. The Hall–Kier alpha value is -3.25. The van der Waals surface area contributed by atoms with Crippen molar-refractivity contribution in [1.29, 1.82) is 0 Å². The van der Waals surface area contributed by atoms with E-state index in [9.17, 15) is 0 Å². The lowest BCUT2D eigenvalue weighted by Gasteiger charge is -2.25. The van der Waals surface area contributed by atoms with Gasteiger partial charge in [0.15, 0.2) is 5.65 Å². The van der Waals surface area contributed by atoms with Gasteiger partial charge in [-0.05, 0) is 43.5 Å². The quantitative estimate of drug-likeness (QED) is 0.501. The lowest BCUT2D eigenvalue weighted by atomic mass is 10.1. The van der Waals surface area contributed by atoms with E-state index in [1.807, 2.05) is 42.5 Å². The van der Waals surface area contributed by atoms with E-state index >= 15 is 0 Å². The second-order valence-electron chi connectivity index (χ2n) is 7.12. The van der Waals surface area contributed by atoms with Crippen molar-refractivity contribution in [2.24, 2.45) is 0 Å². The lowest BCUT2D eigenvalue weighted by Crippen LogP contribution is -2.19. The highest BCUT2D eigenvalue weighted by Gasteiger charge is 2.25. The average molecular weight is 386 g/mol. The Morgan fingerprint density at radius 3 is 2.52 bits per heavy atom. The number of aromatic nitrogens is 4. The molecule has 4 aromatic rings. The molecule has 1 saturated heterocycles. The fourth-order valence-electron chi connectivity index (χ4n) is 3.86. The Morgan fingerprint density at radius 2 is 1.79 bits per heavy atom. The van der Waals surface area contributed by atoms with Crippen LogP contribution in [0.2, 0.25) is 0 Å². The predicted molar refractivity (Wildman–Crippen MR) is 112 cm³/mol. The smallest absolute Gasteiger partial charge is 0.166 e. The molecular weight excluding hydrogens is 364 g/mol. The van der Waals surface area contributed by atoms with Crippen molar-refractivity contribution in [2.75, 3.05) is 13.7 Å². The highest BCUT2D eigenvalue weighted by Crippen LogP contribution is 2.35. The number of imidazole rings is 1. The number of nitrogens with zero attached hydrogens (tertiary/aromatic N) is 4. The molecule has 0 N–H and O–H groups in total. The van der Waals surface area contributed by atoms with Crippen molar-refractivity contribution in [3.8, 4) is 28.4 Å². The van der Waals surface area contributed by atoms with Gasteiger partial charge in [-0.25, -0.2) is 15.0 Å². The van der Waals surface area contributed by atoms with E-state index in [0.29, 0.717) is 0 Å². The standard InChI is InChI=1S/C23H22N4O2/c1-28-18-12-10-16(11-13-18)20-21-23(25-15-24-20)27(19-9-5-6-14-29-19)22(26-21)17-7-3-2-4-8-17/h2-4,7-8,10-13,15,19H,5-6,9,14H2,1H3. The van der Waals surface area contributed by atoms with Crippen LogP contribution < -0.4 is 4.74 Å².